The number of nitrogens with one attached hydrogen (secondary N) is 2. The fourth-order valence-corrected chi connectivity index (χ4v) is 4.70. The van der Waals surface area contributed by atoms with Crippen molar-refractivity contribution in [1.82, 2.24) is 10.2 Å². The number of hydrogen-bond acceptors (Lipinski definition) is 6. The van der Waals surface area contributed by atoms with E-state index in [1.807, 2.05) is 18.2 Å². The fourth-order valence-electron chi connectivity index (χ4n) is 4.70. The summed E-state index contributed by atoms with van der Waals surface area (Å²) in [5, 5.41) is 10.3. The lowest BCUT2D eigenvalue weighted by Gasteiger charge is -2.32. The lowest BCUT2D eigenvalue weighted by atomic mass is 10.0. The molecule has 4 N–H and O–H groups in total. The molecule has 0 radical (unpaired) electrons. The molecule has 0 saturated carbocycles. The number of amides is 2. The Morgan fingerprint density at radius 3 is 2.37 bits per heavy atom. The zero-order valence-electron chi connectivity index (χ0n) is 23.2. The van der Waals surface area contributed by atoms with Crippen molar-refractivity contribution < 1.29 is 28.2 Å². The van der Waals surface area contributed by atoms with Crippen LogP contribution >= 0.6 is 0 Å². The molecule has 0 aliphatic carbocycles. The molecule has 1 saturated heterocycles. The van der Waals surface area contributed by atoms with Crippen LogP contribution in [0.1, 0.15) is 52.9 Å². The summed E-state index contributed by atoms with van der Waals surface area (Å²) in [6.45, 7) is 3.28. The Labute approximate surface area is 238 Å². The van der Waals surface area contributed by atoms with E-state index in [0.29, 0.717) is 49.4 Å². The van der Waals surface area contributed by atoms with Gasteiger partial charge in [0, 0.05) is 62.3 Å². The molecule has 0 bridgehead atoms. The molecule has 3 aromatic rings. The van der Waals surface area contributed by atoms with E-state index in [4.69, 9.17) is 25.4 Å². The van der Waals surface area contributed by atoms with Crippen LogP contribution in [0.5, 0.6) is 11.5 Å². The number of nitrogens with two attached hydrogens (primary N) is 1. The van der Waals surface area contributed by atoms with E-state index in [-0.39, 0.29) is 35.7 Å². The molecule has 0 aromatic heterocycles. The van der Waals surface area contributed by atoms with Crippen LogP contribution < -0.4 is 20.5 Å². The minimum absolute atomic E-state index is 0.00503. The fraction of sp³-hybridized carbons (Fsp3) is 0.323. The Kier molecular flexibility index (Phi) is 9.91. The summed E-state index contributed by atoms with van der Waals surface area (Å²) >= 11 is 0. The summed E-state index contributed by atoms with van der Waals surface area (Å²) in [7, 11) is 1.33. The largest absolute Gasteiger partial charge is 0.494 e. The Balaban J connectivity index is 1.45. The number of nitrogen functional groups attached to an aromatic ring is 1. The van der Waals surface area contributed by atoms with Crippen molar-refractivity contribution in [2.45, 2.75) is 38.5 Å². The standard InChI is InChI=1S/C31H35FN4O5/c1-3-40-24-17-25(28(39-2)30(37)35-19-20-9-11-21(12-10-20)29(33)34)27(32)26(18-24)41-23-13-15-36(16-14-23)31(38)22-7-5-4-6-8-22/h4-12,17-18,23,28H,3,13-16,19H2,1-2H3,(H3,33,34)(H,35,37). The van der Waals surface area contributed by atoms with Gasteiger partial charge in [0.1, 0.15) is 17.7 Å². The highest BCUT2D eigenvalue weighted by molar-refractivity contribution is 5.95. The number of methoxy groups -OCH3 is 1. The van der Waals surface area contributed by atoms with Crippen molar-refractivity contribution in [3.63, 3.8) is 0 Å². The van der Waals surface area contributed by atoms with Crippen LogP contribution in [0.15, 0.2) is 66.7 Å². The quantitative estimate of drug-likeness (QED) is 0.238. The average molecular weight is 563 g/mol. The van der Waals surface area contributed by atoms with Gasteiger partial charge in [-0.1, -0.05) is 42.5 Å². The number of carbonyl (C=O) groups excluding carboxylic acids is 2. The van der Waals surface area contributed by atoms with Gasteiger partial charge in [0.05, 0.1) is 6.61 Å². The second-order valence-electron chi connectivity index (χ2n) is 9.68. The van der Waals surface area contributed by atoms with Gasteiger partial charge in [-0.2, -0.15) is 0 Å². The number of ether oxygens (including phenoxy) is 3. The predicted octanol–water partition coefficient (Wildman–Crippen LogP) is 4.20. The summed E-state index contributed by atoms with van der Waals surface area (Å²) in [6, 6.07) is 18.9. The Morgan fingerprint density at radius 1 is 1.07 bits per heavy atom. The topological polar surface area (TPSA) is 127 Å². The van der Waals surface area contributed by atoms with Crippen molar-refractivity contribution in [3.05, 3.63) is 94.8 Å². The first kappa shape index (κ1) is 29.5. The number of amidine groups is 1. The average Bonchev–Trinajstić information content (AvgIpc) is 2.99. The van der Waals surface area contributed by atoms with Crippen molar-refractivity contribution >= 4 is 17.6 Å². The van der Waals surface area contributed by atoms with Gasteiger partial charge < -0.3 is 30.2 Å². The zero-order chi connectivity index (χ0) is 29.4. The van der Waals surface area contributed by atoms with Crippen LogP contribution in [-0.2, 0) is 16.1 Å². The smallest absolute Gasteiger partial charge is 0.254 e. The molecule has 1 unspecified atom stereocenters. The number of benzene rings is 3. The third kappa shape index (κ3) is 7.40. The van der Waals surface area contributed by atoms with E-state index in [1.165, 1.54) is 19.2 Å². The maximum Gasteiger partial charge on any atom is 0.254 e. The zero-order valence-corrected chi connectivity index (χ0v) is 23.2. The van der Waals surface area contributed by atoms with Crippen molar-refractivity contribution in [3.8, 4) is 11.5 Å². The SMILES string of the molecule is CCOc1cc(OC2CCN(C(=O)c3ccccc3)CC2)c(F)c(C(OC)C(=O)NCc2ccc(C(=N)N)cc2)c1. The molecule has 1 atom stereocenters. The number of rotatable bonds is 11. The Bertz CT molecular complexity index is 1360. The first-order valence-electron chi connectivity index (χ1n) is 13.5. The first-order valence-corrected chi connectivity index (χ1v) is 13.5. The van der Waals surface area contributed by atoms with E-state index in [1.54, 1.807) is 48.2 Å². The molecule has 9 nitrogen and oxygen atoms in total. The van der Waals surface area contributed by atoms with Crippen LogP contribution in [0.3, 0.4) is 0 Å². The van der Waals surface area contributed by atoms with E-state index in [0.717, 1.165) is 5.56 Å². The van der Waals surface area contributed by atoms with Gasteiger partial charge in [-0.15, -0.1) is 0 Å². The number of piperidine rings is 1. The van der Waals surface area contributed by atoms with Crippen LogP contribution in [0.25, 0.3) is 0 Å². The molecule has 4 rings (SSSR count). The van der Waals surface area contributed by atoms with Crippen molar-refractivity contribution in [2.75, 3.05) is 26.8 Å². The highest BCUT2D eigenvalue weighted by Gasteiger charge is 2.29. The molecule has 1 aliphatic heterocycles. The first-order chi connectivity index (χ1) is 19.8. The van der Waals surface area contributed by atoms with Crippen LogP contribution in [0.2, 0.25) is 0 Å². The molecule has 1 fully saturated rings. The molecule has 3 aromatic carbocycles. The molecule has 1 heterocycles. The maximum absolute atomic E-state index is 15.8. The minimum atomic E-state index is -1.25. The molecule has 0 spiro atoms. The molecule has 2 amide bonds. The summed E-state index contributed by atoms with van der Waals surface area (Å²) < 4.78 is 33.0. The Hall–Kier alpha value is -4.44. The summed E-state index contributed by atoms with van der Waals surface area (Å²) in [5.41, 5.74) is 7.47. The van der Waals surface area contributed by atoms with Gasteiger partial charge in [0.15, 0.2) is 17.7 Å². The lowest BCUT2D eigenvalue weighted by molar-refractivity contribution is -0.131. The molecule has 1 aliphatic rings. The summed E-state index contributed by atoms with van der Waals surface area (Å²) in [6.07, 6.45) is -0.507. The monoisotopic (exact) mass is 562 g/mol. The minimum Gasteiger partial charge on any atom is -0.494 e. The molecule has 41 heavy (non-hydrogen) atoms. The van der Waals surface area contributed by atoms with Crippen molar-refractivity contribution in [1.29, 1.82) is 5.41 Å². The van der Waals surface area contributed by atoms with Crippen LogP contribution in [0, 0.1) is 11.2 Å². The maximum atomic E-state index is 15.8. The van der Waals surface area contributed by atoms with Gasteiger partial charge >= 0.3 is 0 Å². The van der Waals surface area contributed by atoms with Gasteiger partial charge in [-0.3, -0.25) is 15.0 Å². The van der Waals surface area contributed by atoms with E-state index >= 15 is 4.39 Å². The lowest BCUT2D eigenvalue weighted by Crippen LogP contribution is -2.41. The molecular weight excluding hydrogens is 527 g/mol. The Morgan fingerprint density at radius 2 is 1.76 bits per heavy atom. The highest BCUT2D eigenvalue weighted by Crippen LogP contribution is 2.34. The third-order valence-electron chi connectivity index (χ3n) is 6.88. The number of likely N-dealkylation sites (tertiary alicyclic amines) is 1. The van der Waals surface area contributed by atoms with E-state index < -0.39 is 17.8 Å². The number of hydrogen-bond donors (Lipinski definition) is 3. The van der Waals surface area contributed by atoms with Crippen molar-refractivity contribution in [2.24, 2.45) is 5.73 Å². The second kappa shape index (κ2) is 13.8. The van der Waals surface area contributed by atoms with E-state index in [9.17, 15) is 9.59 Å². The number of nitrogens with zero attached hydrogens (tertiary/aromatic N) is 1. The third-order valence-corrected chi connectivity index (χ3v) is 6.88. The second-order valence-corrected chi connectivity index (χ2v) is 9.68. The van der Waals surface area contributed by atoms with Gasteiger partial charge in [0.25, 0.3) is 11.8 Å². The predicted molar refractivity (Wildman–Crippen MR) is 153 cm³/mol. The van der Waals surface area contributed by atoms with Gasteiger partial charge in [-0.05, 0) is 30.7 Å². The number of carbonyl (C=O) groups is 2. The summed E-state index contributed by atoms with van der Waals surface area (Å²) in [5.74, 6) is -1.01. The van der Waals surface area contributed by atoms with Crippen LogP contribution in [-0.4, -0.2) is 55.5 Å². The number of halogens is 1. The van der Waals surface area contributed by atoms with E-state index in [2.05, 4.69) is 5.32 Å². The normalized spacial score (nSPS) is 14.3. The molecular formula is C31H35FN4O5. The van der Waals surface area contributed by atoms with Gasteiger partial charge in [-0.25, -0.2) is 4.39 Å². The van der Waals surface area contributed by atoms with Gasteiger partial charge in [0.2, 0.25) is 0 Å². The molecule has 10 heteroatoms. The molecule has 216 valence electrons. The summed E-state index contributed by atoms with van der Waals surface area (Å²) in [4.78, 5) is 27.6. The highest BCUT2D eigenvalue weighted by atomic mass is 19.1. The van der Waals surface area contributed by atoms with Crippen LogP contribution in [0.4, 0.5) is 4.39 Å².